The molecule has 7 heteroatoms. The maximum atomic E-state index is 10.9. The first-order chi connectivity index (χ1) is 7.49. The quantitative estimate of drug-likeness (QED) is 0.745. The van der Waals surface area contributed by atoms with E-state index in [0.717, 1.165) is 5.56 Å². The summed E-state index contributed by atoms with van der Waals surface area (Å²) in [7, 11) is 0. The molecule has 0 aliphatic carbocycles. The van der Waals surface area contributed by atoms with Crippen LogP contribution in [0.2, 0.25) is 10.0 Å². The van der Waals surface area contributed by atoms with Gasteiger partial charge in [0.05, 0.1) is 0 Å². The zero-order chi connectivity index (χ0) is 11.9. The largest absolute Gasteiger partial charge is 0.480 e. The number of carbonyl (C=O) groups is 1. The number of hydrogen-bond donors (Lipinski definition) is 3. The average molecular weight is 298 g/mol. The minimum atomic E-state index is -0.933. The van der Waals surface area contributed by atoms with Gasteiger partial charge >= 0.3 is 5.97 Å². The van der Waals surface area contributed by atoms with Crippen LogP contribution in [0.25, 0.3) is 0 Å². The average Bonchev–Trinajstić information content (AvgIpc) is 2.15. The number of anilines is 1. The van der Waals surface area contributed by atoms with E-state index in [4.69, 9.17) is 34.0 Å². The Balaban J connectivity index is 0.00000144. The summed E-state index contributed by atoms with van der Waals surface area (Å²) >= 11 is 11.9. The van der Waals surface area contributed by atoms with Gasteiger partial charge in [-0.1, -0.05) is 23.2 Å². The van der Waals surface area contributed by atoms with Crippen LogP contribution in [-0.4, -0.2) is 17.1 Å². The third kappa shape index (κ3) is 2.77. The SMILES string of the molecule is Cl.N[C@H]1C[C@H](C(=O)O)Nc2cc(Cl)cc(Cl)c21. The van der Waals surface area contributed by atoms with Crippen LogP contribution in [0.5, 0.6) is 0 Å². The standard InChI is InChI=1S/C10H10Cl2N2O2.ClH/c11-4-1-5(12)9-6(13)3-8(10(15)16)14-7(9)2-4;/h1-2,6,8,14H,3,13H2,(H,15,16);1H/t6-,8+;/m0./s1. The molecule has 1 aliphatic heterocycles. The predicted molar refractivity (Wildman–Crippen MR) is 70.3 cm³/mol. The summed E-state index contributed by atoms with van der Waals surface area (Å²) in [5, 5.41) is 12.7. The summed E-state index contributed by atoms with van der Waals surface area (Å²) in [5.41, 5.74) is 7.22. The van der Waals surface area contributed by atoms with Crippen molar-refractivity contribution in [3.05, 3.63) is 27.7 Å². The van der Waals surface area contributed by atoms with Gasteiger partial charge in [-0.25, -0.2) is 4.79 Å². The fourth-order valence-corrected chi connectivity index (χ4v) is 2.50. The number of rotatable bonds is 1. The lowest BCUT2D eigenvalue weighted by molar-refractivity contribution is -0.138. The molecule has 1 aromatic carbocycles. The van der Waals surface area contributed by atoms with Crippen molar-refractivity contribution < 1.29 is 9.90 Å². The Hall–Kier alpha value is -0.680. The first-order valence-corrected chi connectivity index (χ1v) is 5.48. The van der Waals surface area contributed by atoms with Gasteiger partial charge in [-0.3, -0.25) is 0 Å². The van der Waals surface area contributed by atoms with E-state index in [9.17, 15) is 4.79 Å². The minimum Gasteiger partial charge on any atom is -0.480 e. The van der Waals surface area contributed by atoms with E-state index in [1.54, 1.807) is 12.1 Å². The van der Waals surface area contributed by atoms with Crippen LogP contribution in [0.4, 0.5) is 5.69 Å². The molecule has 0 saturated carbocycles. The molecule has 0 unspecified atom stereocenters. The van der Waals surface area contributed by atoms with Crippen LogP contribution in [0.1, 0.15) is 18.0 Å². The van der Waals surface area contributed by atoms with Crippen molar-refractivity contribution in [2.45, 2.75) is 18.5 Å². The number of carboxylic acids is 1. The second-order valence-electron chi connectivity index (χ2n) is 3.73. The molecule has 0 spiro atoms. The van der Waals surface area contributed by atoms with Crippen LogP contribution in [0.3, 0.4) is 0 Å². The molecular formula is C10H11Cl3N2O2. The van der Waals surface area contributed by atoms with Crippen molar-refractivity contribution in [3.8, 4) is 0 Å². The summed E-state index contributed by atoms with van der Waals surface area (Å²) in [6.07, 6.45) is 0.309. The Kier molecular flexibility index (Phi) is 4.49. The number of nitrogens with one attached hydrogen (secondary N) is 1. The fraction of sp³-hybridized carbons (Fsp3) is 0.300. The molecule has 4 nitrogen and oxygen atoms in total. The number of halogens is 3. The van der Waals surface area contributed by atoms with Crippen molar-refractivity contribution in [2.75, 3.05) is 5.32 Å². The Morgan fingerprint density at radius 3 is 2.71 bits per heavy atom. The van der Waals surface area contributed by atoms with Crippen molar-refractivity contribution in [3.63, 3.8) is 0 Å². The Morgan fingerprint density at radius 2 is 2.12 bits per heavy atom. The van der Waals surface area contributed by atoms with E-state index < -0.39 is 12.0 Å². The van der Waals surface area contributed by atoms with Crippen molar-refractivity contribution in [2.24, 2.45) is 5.73 Å². The van der Waals surface area contributed by atoms with Gasteiger partial charge in [-0.15, -0.1) is 12.4 Å². The van der Waals surface area contributed by atoms with Gasteiger partial charge in [0.25, 0.3) is 0 Å². The van der Waals surface area contributed by atoms with Gasteiger partial charge in [-0.2, -0.15) is 0 Å². The van der Waals surface area contributed by atoms with Gasteiger partial charge in [0.1, 0.15) is 6.04 Å². The number of benzene rings is 1. The lowest BCUT2D eigenvalue weighted by atomic mass is 9.93. The van der Waals surface area contributed by atoms with E-state index in [2.05, 4.69) is 5.32 Å². The Bertz CT molecular complexity index is 453. The van der Waals surface area contributed by atoms with E-state index in [-0.39, 0.29) is 18.4 Å². The molecule has 0 amide bonds. The van der Waals surface area contributed by atoms with Gasteiger partial charge in [0, 0.05) is 27.3 Å². The number of fused-ring (bicyclic) bond motifs is 1. The molecule has 0 aromatic heterocycles. The Morgan fingerprint density at radius 1 is 1.47 bits per heavy atom. The maximum absolute atomic E-state index is 10.9. The highest BCUT2D eigenvalue weighted by atomic mass is 35.5. The third-order valence-electron chi connectivity index (χ3n) is 2.58. The number of hydrogen-bond acceptors (Lipinski definition) is 3. The zero-order valence-electron chi connectivity index (χ0n) is 8.61. The summed E-state index contributed by atoms with van der Waals surface area (Å²) in [6.45, 7) is 0. The van der Waals surface area contributed by atoms with Crippen molar-refractivity contribution in [1.82, 2.24) is 0 Å². The summed E-state index contributed by atoms with van der Waals surface area (Å²) < 4.78 is 0. The first-order valence-electron chi connectivity index (χ1n) is 4.73. The monoisotopic (exact) mass is 296 g/mol. The molecule has 1 heterocycles. The van der Waals surface area contributed by atoms with Gasteiger partial charge in [0.15, 0.2) is 0 Å². The maximum Gasteiger partial charge on any atom is 0.326 e. The molecule has 1 aliphatic rings. The molecule has 0 saturated heterocycles. The van der Waals surface area contributed by atoms with E-state index >= 15 is 0 Å². The molecule has 2 rings (SSSR count). The highest BCUT2D eigenvalue weighted by Gasteiger charge is 2.30. The normalized spacial score (nSPS) is 22.1. The predicted octanol–water partition coefficient (Wildman–Crippen LogP) is 2.68. The summed E-state index contributed by atoms with van der Waals surface area (Å²) in [4.78, 5) is 10.9. The van der Waals surface area contributed by atoms with Gasteiger partial charge in [-0.05, 0) is 18.6 Å². The lowest BCUT2D eigenvalue weighted by Crippen LogP contribution is -2.37. The minimum absolute atomic E-state index is 0. The second-order valence-corrected chi connectivity index (χ2v) is 4.57. The smallest absolute Gasteiger partial charge is 0.326 e. The molecule has 94 valence electrons. The van der Waals surface area contributed by atoms with E-state index in [1.165, 1.54) is 0 Å². The van der Waals surface area contributed by atoms with Crippen LogP contribution in [-0.2, 0) is 4.79 Å². The second kappa shape index (κ2) is 5.31. The molecular weight excluding hydrogens is 286 g/mol. The van der Waals surface area contributed by atoms with E-state index in [1.807, 2.05) is 0 Å². The van der Waals surface area contributed by atoms with Crippen LogP contribution >= 0.6 is 35.6 Å². The van der Waals surface area contributed by atoms with E-state index in [0.29, 0.717) is 22.2 Å². The summed E-state index contributed by atoms with van der Waals surface area (Å²) in [5.74, 6) is -0.933. The van der Waals surface area contributed by atoms with Crippen molar-refractivity contribution >= 4 is 47.3 Å². The highest BCUT2D eigenvalue weighted by molar-refractivity contribution is 6.35. The summed E-state index contributed by atoms with van der Waals surface area (Å²) in [6, 6.07) is 2.15. The number of aliphatic carboxylic acids is 1. The number of carboxylic acid groups (broad SMARTS) is 1. The van der Waals surface area contributed by atoms with Crippen molar-refractivity contribution in [1.29, 1.82) is 0 Å². The molecule has 2 atom stereocenters. The van der Waals surface area contributed by atoms with Crippen LogP contribution in [0, 0.1) is 0 Å². The van der Waals surface area contributed by atoms with Gasteiger partial charge < -0.3 is 16.2 Å². The third-order valence-corrected chi connectivity index (χ3v) is 3.11. The molecule has 0 bridgehead atoms. The van der Waals surface area contributed by atoms with Gasteiger partial charge in [0.2, 0.25) is 0 Å². The molecule has 0 radical (unpaired) electrons. The number of nitrogens with two attached hydrogens (primary N) is 1. The van der Waals surface area contributed by atoms with Crippen LogP contribution in [0.15, 0.2) is 12.1 Å². The molecule has 1 aromatic rings. The fourth-order valence-electron chi connectivity index (χ4n) is 1.86. The highest BCUT2D eigenvalue weighted by Crippen LogP contribution is 2.38. The van der Waals surface area contributed by atoms with Crippen LogP contribution < -0.4 is 11.1 Å². The Labute approximate surface area is 114 Å². The molecule has 17 heavy (non-hydrogen) atoms. The first kappa shape index (κ1) is 14.4. The molecule has 4 N–H and O–H groups in total. The molecule has 0 fully saturated rings. The zero-order valence-corrected chi connectivity index (χ0v) is 10.9. The lowest BCUT2D eigenvalue weighted by Gasteiger charge is -2.29. The topological polar surface area (TPSA) is 75.4 Å².